The van der Waals surface area contributed by atoms with Crippen LogP contribution in [-0.2, 0) is 0 Å². The van der Waals surface area contributed by atoms with Crippen LogP contribution in [0.2, 0.25) is 0 Å². The number of allylic oxidation sites excluding steroid dienone is 13. The number of rotatable bonds is 10. The third-order valence-electron chi connectivity index (χ3n) is 14.5. The van der Waals surface area contributed by atoms with Crippen LogP contribution >= 0.6 is 0 Å². The average Bonchev–Trinajstić information content (AvgIpc) is 3.60. The maximum Gasteiger partial charge on any atom is 0.0718 e. The van der Waals surface area contributed by atoms with Crippen molar-refractivity contribution in [1.29, 1.82) is 0 Å². The minimum absolute atomic E-state index is 0.0810. The van der Waals surface area contributed by atoms with Crippen LogP contribution in [0.3, 0.4) is 0 Å². The summed E-state index contributed by atoms with van der Waals surface area (Å²) in [6.07, 6.45) is 33.9. The Morgan fingerprint density at radius 3 is 1.76 bits per heavy atom. The monoisotopic (exact) mass is 899 g/mol. The molecule has 3 nitrogen and oxygen atoms in total. The van der Waals surface area contributed by atoms with Crippen molar-refractivity contribution in [3.8, 4) is 33.6 Å². The van der Waals surface area contributed by atoms with E-state index >= 15 is 0 Å². The predicted octanol–water partition coefficient (Wildman–Crippen LogP) is 16.4. The molecule has 1 aromatic heterocycles. The summed E-state index contributed by atoms with van der Waals surface area (Å²) in [6, 6.07) is 62.1. The first kappa shape index (κ1) is 42.8. The van der Waals surface area contributed by atoms with Gasteiger partial charge >= 0.3 is 0 Å². The van der Waals surface area contributed by atoms with Crippen molar-refractivity contribution in [2.45, 2.75) is 25.0 Å². The van der Waals surface area contributed by atoms with Crippen LogP contribution < -0.4 is 9.80 Å². The molecule has 336 valence electrons. The third kappa shape index (κ3) is 8.10. The molecule has 2 bridgehead atoms. The quantitative estimate of drug-likeness (QED) is 0.128. The van der Waals surface area contributed by atoms with Crippen molar-refractivity contribution < 1.29 is 0 Å². The molecule has 3 heteroatoms. The van der Waals surface area contributed by atoms with Crippen molar-refractivity contribution in [1.82, 2.24) is 4.98 Å². The van der Waals surface area contributed by atoms with Gasteiger partial charge in [-0.25, -0.2) is 4.98 Å². The molecule has 1 saturated heterocycles. The summed E-state index contributed by atoms with van der Waals surface area (Å²) < 4.78 is 0. The molecule has 3 aliphatic carbocycles. The van der Waals surface area contributed by atoms with E-state index in [1.54, 1.807) is 0 Å². The van der Waals surface area contributed by atoms with E-state index in [0.29, 0.717) is 0 Å². The lowest BCUT2D eigenvalue weighted by atomic mass is 9.78. The Kier molecular flexibility index (Phi) is 11.3. The molecule has 5 atom stereocenters. The van der Waals surface area contributed by atoms with Crippen LogP contribution in [0.1, 0.15) is 29.2 Å². The van der Waals surface area contributed by atoms with Gasteiger partial charge < -0.3 is 9.80 Å². The van der Waals surface area contributed by atoms with Gasteiger partial charge in [0.1, 0.15) is 0 Å². The molecule has 0 saturated carbocycles. The lowest BCUT2D eigenvalue weighted by Gasteiger charge is -2.36. The van der Waals surface area contributed by atoms with Gasteiger partial charge in [-0.1, -0.05) is 219 Å². The Hall–Kier alpha value is -8.53. The zero-order valence-corrected chi connectivity index (χ0v) is 39.3. The molecule has 6 aromatic carbocycles. The number of benzene rings is 6. The first-order chi connectivity index (χ1) is 34.6. The fourth-order valence-corrected chi connectivity index (χ4v) is 11.1. The molecular formula is C67H53N3. The van der Waals surface area contributed by atoms with Crippen LogP contribution in [0.15, 0.2) is 268 Å². The largest absolute Gasteiger partial charge is 0.357 e. The first-order valence-corrected chi connectivity index (χ1v) is 24.5. The number of hydrogen-bond donors (Lipinski definition) is 0. The molecule has 5 unspecified atom stereocenters. The van der Waals surface area contributed by atoms with Crippen LogP contribution in [0, 0.1) is 11.8 Å². The van der Waals surface area contributed by atoms with Gasteiger partial charge in [-0.3, -0.25) is 0 Å². The summed E-state index contributed by atoms with van der Waals surface area (Å²) in [7, 11) is 0. The smallest absolute Gasteiger partial charge is 0.0718 e. The Bertz CT molecular complexity index is 3350. The van der Waals surface area contributed by atoms with Gasteiger partial charge in [0.2, 0.25) is 0 Å². The topological polar surface area (TPSA) is 19.4 Å². The van der Waals surface area contributed by atoms with Crippen molar-refractivity contribution in [2.24, 2.45) is 11.8 Å². The van der Waals surface area contributed by atoms with E-state index in [2.05, 4.69) is 259 Å². The summed E-state index contributed by atoms with van der Waals surface area (Å²) in [4.78, 5) is 10.7. The fraction of sp³-hybridized carbons (Fsp3) is 0.0896. The highest BCUT2D eigenvalue weighted by Gasteiger charge is 2.47. The number of aromatic nitrogens is 1. The van der Waals surface area contributed by atoms with Crippen LogP contribution in [0.4, 0.5) is 17.1 Å². The molecule has 70 heavy (non-hydrogen) atoms. The Morgan fingerprint density at radius 1 is 0.500 bits per heavy atom. The second-order valence-corrected chi connectivity index (χ2v) is 18.7. The number of fused-ring (bicyclic) bond motifs is 6. The molecule has 1 fully saturated rings. The minimum Gasteiger partial charge on any atom is -0.357 e. The normalized spacial score (nSPS) is 20.7. The molecule has 0 radical (unpaired) electrons. The van der Waals surface area contributed by atoms with Gasteiger partial charge in [0.15, 0.2) is 0 Å². The van der Waals surface area contributed by atoms with E-state index in [0.717, 1.165) is 50.5 Å². The van der Waals surface area contributed by atoms with Gasteiger partial charge in [-0.05, 0) is 106 Å². The highest BCUT2D eigenvalue weighted by molar-refractivity contribution is 5.91. The Balaban J connectivity index is 0.950. The number of hydrogen-bond acceptors (Lipinski definition) is 3. The maximum atomic E-state index is 5.56. The molecule has 12 rings (SSSR count). The van der Waals surface area contributed by atoms with Gasteiger partial charge in [-0.2, -0.15) is 0 Å². The Labute approximate surface area is 412 Å². The van der Waals surface area contributed by atoms with Crippen LogP contribution in [0.25, 0.3) is 55.9 Å². The van der Waals surface area contributed by atoms with Gasteiger partial charge in [-0.15, -0.1) is 0 Å². The van der Waals surface area contributed by atoms with E-state index in [1.165, 1.54) is 44.8 Å². The third-order valence-corrected chi connectivity index (χ3v) is 14.5. The number of pyridine rings is 1. The second kappa shape index (κ2) is 18.5. The second-order valence-electron chi connectivity index (χ2n) is 18.7. The molecule has 7 aromatic rings. The van der Waals surface area contributed by atoms with Crippen molar-refractivity contribution in [3.05, 3.63) is 290 Å². The van der Waals surface area contributed by atoms with E-state index in [4.69, 9.17) is 4.98 Å². The van der Waals surface area contributed by atoms with E-state index in [1.807, 2.05) is 25.2 Å². The van der Waals surface area contributed by atoms with E-state index in [-0.39, 0.29) is 30.0 Å². The summed E-state index contributed by atoms with van der Waals surface area (Å²) in [5.74, 6) is 0.573. The molecule has 3 heterocycles. The van der Waals surface area contributed by atoms with Crippen LogP contribution in [-0.4, -0.2) is 23.1 Å². The van der Waals surface area contributed by atoms with E-state index < -0.39 is 0 Å². The van der Waals surface area contributed by atoms with Gasteiger partial charge in [0.25, 0.3) is 0 Å². The standard InChI is InChI=1S/C67H53N3/c1-3-4-7-18-46(2)47-31-33-50(34-32-47)56-44-63(54-24-16-27-58(40-54)69-57-26-13-12-23-53(39-57)60-29-14-15-30-65(60)69)68-64(45-56)55-25-17-28-59(41-55)70-66-37-35-51(48-19-8-5-9-20-48)42-61(66)62-43-52(36-38-67(62)70)49-21-10-6-11-22-49/h3-45,57,61-62,66-67H,2H2,1H3/b4-3-,18-7-. The fourth-order valence-electron chi connectivity index (χ4n) is 11.1. The molecule has 0 amide bonds. The zero-order valence-electron chi connectivity index (χ0n) is 39.3. The summed E-state index contributed by atoms with van der Waals surface area (Å²) in [6.45, 7) is 6.38. The molecule has 5 aliphatic rings. The minimum atomic E-state index is 0.0810. The summed E-state index contributed by atoms with van der Waals surface area (Å²) in [5.41, 5.74) is 19.4. The zero-order chi connectivity index (χ0) is 47.0. The van der Waals surface area contributed by atoms with Crippen molar-refractivity contribution in [2.75, 3.05) is 9.80 Å². The van der Waals surface area contributed by atoms with E-state index in [9.17, 15) is 0 Å². The van der Waals surface area contributed by atoms with Gasteiger partial charge in [0, 0.05) is 45.6 Å². The highest BCUT2D eigenvalue weighted by Crippen LogP contribution is 2.49. The predicted molar refractivity (Wildman–Crippen MR) is 296 cm³/mol. The Morgan fingerprint density at radius 2 is 1.10 bits per heavy atom. The molecule has 0 N–H and O–H groups in total. The highest BCUT2D eigenvalue weighted by atomic mass is 15.2. The first-order valence-electron chi connectivity index (χ1n) is 24.5. The molecule has 2 aliphatic heterocycles. The number of para-hydroxylation sites is 1. The SMILES string of the molecule is C=C(/C=C\C=C/C)c1ccc(-c2cc(-c3cccc(N4c5ccccc5C5=CC4C=CC=C5)c3)nc(-c3cccc(N4C5C=CC(c6ccccc6)=CC5C5C=C(c6ccccc6)C=CC54)c3)c2)cc1. The lowest BCUT2D eigenvalue weighted by Crippen LogP contribution is -2.37. The van der Waals surface area contributed by atoms with Crippen molar-refractivity contribution in [3.63, 3.8) is 0 Å². The van der Waals surface area contributed by atoms with Crippen molar-refractivity contribution >= 4 is 39.4 Å². The number of anilines is 3. The maximum absolute atomic E-state index is 5.56. The number of nitrogens with zero attached hydrogens (tertiary/aromatic N) is 3. The molecular weight excluding hydrogens is 847 g/mol. The van der Waals surface area contributed by atoms with Crippen LogP contribution in [0.5, 0.6) is 0 Å². The summed E-state index contributed by atoms with van der Waals surface area (Å²) >= 11 is 0. The summed E-state index contributed by atoms with van der Waals surface area (Å²) in [5, 5.41) is 0. The lowest BCUT2D eigenvalue weighted by molar-refractivity contribution is 0.530. The average molecular weight is 900 g/mol. The van der Waals surface area contributed by atoms with Gasteiger partial charge in [0.05, 0.1) is 29.5 Å². The molecule has 0 spiro atoms.